The maximum absolute atomic E-state index is 13.2. The van der Waals surface area contributed by atoms with Crippen LogP contribution in [0.4, 0.5) is 0 Å². The summed E-state index contributed by atoms with van der Waals surface area (Å²) >= 11 is 0. The van der Waals surface area contributed by atoms with Crippen LogP contribution in [-0.4, -0.2) is 30.6 Å². The van der Waals surface area contributed by atoms with Gasteiger partial charge in [-0.25, -0.2) is 0 Å². The van der Waals surface area contributed by atoms with E-state index in [1.807, 2.05) is 37.3 Å². The Morgan fingerprint density at radius 1 is 1.21 bits per heavy atom. The highest BCUT2D eigenvalue weighted by molar-refractivity contribution is 6.16. The summed E-state index contributed by atoms with van der Waals surface area (Å²) in [4.78, 5) is 15.5. The average molecular weight is 391 g/mol. The Labute approximate surface area is 170 Å². The molecule has 29 heavy (non-hydrogen) atoms. The first kappa shape index (κ1) is 18.3. The lowest BCUT2D eigenvalue weighted by atomic mass is 9.98. The first-order valence-corrected chi connectivity index (χ1v) is 10.3. The molecule has 1 fully saturated rings. The molecule has 2 aromatic carbocycles. The number of ketones is 1. The largest absolute Gasteiger partial charge is 0.496 e. The Bertz CT molecular complexity index is 1000. The lowest BCUT2D eigenvalue weighted by Gasteiger charge is -2.34. The standard InChI is InChI=1S/C24H25NO4/c1-15-11-20-18(13-25(14-28-20)17-8-4-5-9-17)24-22(15)23(26)21(29-24)12-16-7-3-6-10-19(16)27-2/h3,6-7,10-12,17H,4-5,8-9,13-14H2,1-2H3/b21-12-. The van der Waals surface area contributed by atoms with Crippen molar-refractivity contribution in [3.63, 3.8) is 0 Å². The van der Waals surface area contributed by atoms with E-state index in [0.29, 0.717) is 35.6 Å². The molecule has 0 aromatic heterocycles. The maximum Gasteiger partial charge on any atom is 0.232 e. The topological polar surface area (TPSA) is 48.0 Å². The smallest absolute Gasteiger partial charge is 0.232 e. The van der Waals surface area contributed by atoms with E-state index in [0.717, 1.165) is 29.0 Å². The van der Waals surface area contributed by atoms with E-state index < -0.39 is 0 Å². The molecule has 1 saturated carbocycles. The van der Waals surface area contributed by atoms with Crippen LogP contribution in [0.3, 0.4) is 0 Å². The third kappa shape index (κ3) is 3.10. The van der Waals surface area contributed by atoms with Crippen LogP contribution in [0.15, 0.2) is 36.1 Å². The molecule has 0 saturated heterocycles. The minimum Gasteiger partial charge on any atom is -0.496 e. The van der Waals surface area contributed by atoms with Gasteiger partial charge in [0.15, 0.2) is 5.76 Å². The van der Waals surface area contributed by atoms with E-state index in [1.54, 1.807) is 13.2 Å². The van der Waals surface area contributed by atoms with Crippen molar-refractivity contribution in [2.75, 3.05) is 13.8 Å². The number of para-hydroxylation sites is 1. The fourth-order valence-electron chi connectivity index (χ4n) is 4.68. The van der Waals surface area contributed by atoms with E-state index in [1.165, 1.54) is 25.7 Å². The maximum atomic E-state index is 13.2. The van der Waals surface area contributed by atoms with Gasteiger partial charge in [-0.05, 0) is 43.5 Å². The van der Waals surface area contributed by atoms with Crippen molar-refractivity contribution in [2.45, 2.75) is 45.2 Å². The number of Topliss-reactive ketones (excluding diaryl/α,β-unsaturated/α-hetero) is 1. The number of aryl methyl sites for hydroxylation is 1. The molecule has 5 rings (SSSR count). The summed E-state index contributed by atoms with van der Waals surface area (Å²) in [5.74, 6) is 2.46. The molecule has 5 heteroatoms. The van der Waals surface area contributed by atoms with Gasteiger partial charge in [-0.2, -0.15) is 0 Å². The van der Waals surface area contributed by atoms with Gasteiger partial charge in [0.2, 0.25) is 5.78 Å². The van der Waals surface area contributed by atoms with Gasteiger partial charge in [0.05, 0.1) is 18.2 Å². The van der Waals surface area contributed by atoms with Gasteiger partial charge >= 0.3 is 0 Å². The van der Waals surface area contributed by atoms with E-state index in [-0.39, 0.29) is 5.78 Å². The molecule has 2 heterocycles. The van der Waals surface area contributed by atoms with Crippen LogP contribution < -0.4 is 14.2 Å². The van der Waals surface area contributed by atoms with Crippen LogP contribution in [0.25, 0.3) is 6.08 Å². The highest BCUT2D eigenvalue weighted by Crippen LogP contribution is 2.45. The number of benzene rings is 2. The molecule has 0 bridgehead atoms. The second-order valence-corrected chi connectivity index (χ2v) is 8.01. The third-order valence-electron chi connectivity index (χ3n) is 6.22. The number of carbonyl (C=O) groups is 1. The van der Waals surface area contributed by atoms with Gasteiger partial charge in [0, 0.05) is 18.2 Å². The SMILES string of the molecule is COc1ccccc1/C=C1\Oc2c3c(cc(C)c2C1=O)OCN(C1CCCC1)C3. The first-order chi connectivity index (χ1) is 14.2. The van der Waals surface area contributed by atoms with Gasteiger partial charge in [0.25, 0.3) is 0 Å². The predicted octanol–water partition coefficient (Wildman–Crippen LogP) is 4.71. The Kier molecular flexibility index (Phi) is 4.55. The van der Waals surface area contributed by atoms with Crippen LogP contribution in [-0.2, 0) is 6.54 Å². The molecule has 1 aliphatic carbocycles. The zero-order valence-electron chi connectivity index (χ0n) is 16.9. The van der Waals surface area contributed by atoms with Crippen LogP contribution in [0.1, 0.15) is 52.7 Å². The van der Waals surface area contributed by atoms with Gasteiger partial charge in [0.1, 0.15) is 24.0 Å². The zero-order valence-corrected chi connectivity index (χ0v) is 16.9. The van der Waals surface area contributed by atoms with Crippen molar-refractivity contribution in [2.24, 2.45) is 0 Å². The van der Waals surface area contributed by atoms with Crippen LogP contribution in [0, 0.1) is 6.92 Å². The normalized spacial score (nSPS) is 20.3. The molecule has 150 valence electrons. The second-order valence-electron chi connectivity index (χ2n) is 8.01. The summed E-state index contributed by atoms with van der Waals surface area (Å²) < 4.78 is 17.7. The quantitative estimate of drug-likeness (QED) is 0.709. The molecular formula is C24H25NO4. The van der Waals surface area contributed by atoms with E-state index in [9.17, 15) is 4.79 Å². The molecular weight excluding hydrogens is 366 g/mol. The van der Waals surface area contributed by atoms with Crippen LogP contribution >= 0.6 is 0 Å². The van der Waals surface area contributed by atoms with Crippen molar-refractivity contribution >= 4 is 11.9 Å². The fraction of sp³-hybridized carbons (Fsp3) is 0.375. The van der Waals surface area contributed by atoms with Gasteiger partial charge in [-0.1, -0.05) is 31.0 Å². The first-order valence-electron chi connectivity index (χ1n) is 10.3. The summed E-state index contributed by atoms with van der Waals surface area (Å²) in [7, 11) is 1.62. The second kappa shape index (κ2) is 7.23. The number of hydrogen-bond donors (Lipinski definition) is 0. The minimum atomic E-state index is -0.0794. The summed E-state index contributed by atoms with van der Waals surface area (Å²) in [6.07, 6.45) is 6.75. The number of methoxy groups -OCH3 is 1. The summed E-state index contributed by atoms with van der Waals surface area (Å²) in [5, 5.41) is 0. The molecule has 5 nitrogen and oxygen atoms in total. The average Bonchev–Trinajstić information content (AvgIpc) is 3.38. The molecule has 0 radical (unpaired) electrons. The minimum absolute atomic E-state index is 0.0794. The van der Waals surface area contributed by atoms with E-state index in [2.05, 4.69) is 4.90 Å². The molecule has 0 atom stereocenters. The number of nitrogens with zero attached hydrogens (tertiary/aromatic N) is 1. The lowest BCUT2D eigenvalue weighted by molar-refractivity contribution is 0.0567. The highest BCUT2D eigenvalue weighted by Gasteiger charge is 2.37. The van der Waals surface area contributed by atoms with Crippen molar-refractivity contribution in [1.82, 2.24) is 4.90 Å². The molecule has 0 unspecified atom stereocenters. The van der Waals surface area contributed by atoms with E-state index in [4.69, 9.17) is 14.2 Å². The lowest BCUT2D eigenvalue weighted by Crippen LogP contribution is -2.39. The summed E-state index contributed by atoms with van der Waals surface area (Å²) in [6.45, 7) is 3.31. The molecule has 0 spiro atoms. The predicted molar refractivity (Wildman–Crippen MR) is 110 cm³/mol. The van der Waals surface area contributed by atoms with Crippen molar-refractivity contribution in [1.29, 1.82) is 0 Å². The highest BCUT2D eigenvalue weighted by atomic mass is 16.5. The van der Waals surface area contributed by atoms with Gasteiger partial charge in [-0.15, -0.1) is 0 Å². The van der Waals surface area contributed by atoms with E-state index >= 15 is 0 Å². The van der Waals surface area contributed by atoms with Crippen molar-refractivity contribution < 1.29 is 19.0 Å². The Balaban J connectivity index is 1.52. The fourth-order valence-corrected chi connectivity index (χ4v) is 4.68. The number of fused-ring (bicyclic) bond motifs is 3. The van der Waals surface area contributed by atoms with Gasteiger partial charge in [-0.3, -0.25) is 9.69 Å². The Morgan fingerprint density at radius 3 is 2.79 bits per heavy atom. The van der Waals surface area contributed by atoms with Crippen molar-refractivity contribution in [3.8, 4) is 17.2 Å². The molecule has 2 aliphatic heterocycles. The zero-order chi connectivity index (χ0) is 20.0. The third-order valence-corrected chi connectivity index (χ3v) is 6.22. The summed E-state index contributed by atoms with van der Waals surface area (Å²) in [6, 6.07) is 10.1. The van der Waals surface area contributed by atoms with Gasteiger partial charge < -0.3 is 14.2 Å². The molecule has 0 N–H and O–H groups in total. The monoisotopic (exact) mass is 391 g/mol. The number of hydrogen-bond acceptors (Lipinski definition) is 5. The molecule has 2 aromatic rings. The van der Waals surface area contributed by atoms with Crippen molar-refractivity contribution in [3.05, 3.63) is 58.3 Å². The Morgan fingerprint density at radius 2 is 2.00 bits per heavy atom. The van der Waals surface area contributed by atoms with Crippen LogP contribution in [0.2, 0.25) is 0 Å². The molecule has 0 amide bonds. The van der Waals surface area contributed by atoms with Crippen LogP contribution in [0.5, 0.6) is 17.2 Å². The molecule has 3 aliphatic rings. The number of allylic oxidation sites excluding steroid dienone is 1. The summed E-state index contributed by atoms with van der Waals surface area (Å²) in [5.41, 5.74) is 3.35. The number of rotatable bonds is 3. The Hall–Kier alpha value is -2.79. The number of ether oxygens (including phenoxy) is 3. The number of carbonyl (C=O) groups excluding carboxylic acids is 1.